The summed E-state index contributed by atoms with van der Waals surface area (Å²) in [4.78, 5) is 9.98. The van der Waals surface area contributed by atoms with Crippen molar-refractivity contribution in [3.05, 3.63) is 0 Å². The van der Waals surface area contributed by atoms with Gasteiger partial charge in [0.1, 0.15) is 0 Å². The van der Waals surface area contributed by atoms with Crippen LogP contribution in [-0.2, 0) is 9.90 Å². The van der Waals surface area contributed by atoms with Gasteiger partial charge in [-0.25, -0.2) is 9.90 Å². The Balaban J connectivity index is 3.32. The molecule has 8 heavy (non-hydrogen) atoms. The zero-order valence-electron chi connectivity index (χ0n) is 5.31. The molecule has 0 saturated carbocycles. The molecule has 0 aromatic rings. The van der Waals surface area contributed by atoms with Crippen molar-refractivity contribution in [3.63, 3.8) is 0 Å². The molecule has 0 aliphatic carbocycles. The van der Waals surface area contributed by atoms with E-state index in [1.165, 1.54) is 0 Å². The van der Waals surface area contributed by atoms with Gasteiger partial charge >= 0.3 is 5.97 Å². The molecule has 0 aliphatic rings. The summed E-state index contributed by atoms with van der Waals surface area (Å²) in [7, 11) is 0. The van der Waals surface area contributed by atoms with E-state index in [4.69, 9.17) is 0 Å². The molecule has 0 spiro atoms. The molecule has 1 unspecified atom stereocenters. The smallest absolute Gasteiger partial charge is 0.247 e. The van der Waals surface area contributed by atoms with Crippen molar-refractivity contribution >= 4 is 5.97 Å². The van der Waals surface area contributed by atoms with E-state index in [1.54, 1.807) is 6.92 Å². The normalized spacial score (nSPS) is 13.2. The molecule has 2 nitrogen and oxygen atoms in total. The van der Waals surface area contributed by atoms with Crippen LogP contribution in [-0.4, -0.2) is 5.97 Å². The summed E-state index contributed by atoms with van der Waals surface area (Å²) < 4.78 is 0. The average molecular weight is 115 g/mol. The maximum absolute atomic E-state index is 9.98. The van der Waals surface area contributed by atoms with Crippen molar-refractivity contribution in [3.8, 4) is 0 Å². The average Bonchev–Trinajstić information content (AvgIpc) is 1.67. The Morgan fingerprint density at radius 1 is 1.62 bits per heavy atom. The molecule has 0 bridgehead atoms. The van der Waals surface area contributed by atoms with Gasteiger partial charge in [-0.15, -0.1) is 0 Å². The van der Waals surface area contributed by atoms with Crippen LogP contribution in [0.15, 0.2) is 0 Å². The lowest BCUT2D eigenvalue weighted by molar-refractivity contribution is -0.147. The molecule has 0 aromatic carbocycles. The fourth-order valence-electron chi connectivity index (χ4n) is 0.551. The second kappa shape index (κ2) is 3.47. The van der Waals surface area contributed by atoms with Gasteiger partial charge in [-0.3, -0.25) is 0 Å². The van der Waals surface area contributed by atoms with E-state index in [0.29, 0.717) is 0 Å². The highest BCUT2D eigenvalue weighted by Gasteiger charge is 2.09. The third-order valence-electron chi connectivity index (χ3n) is 1.12. The number of rotatable bonds is 3. The van der Waals surface area contributed by atoms with E-state index >= 15 is 0 Å². The fourth-order valence-corrected chi connectivity index (χ4v) is 0.551. The van der Waals surface area contributed by atoms with Crippen LogP contribution in [0.3, 0.4) is 0 Å². The summed E-state index contributed by atoms with van der Waals surface area (Å²) in [5.41, 5.74) is 0. The summed E-state index contributed by atoms with van der Waals surface area (Å²) in [5.74, 6) is -1.22. The molecule has 0 aliphatic heterocycles. The molecule has 0 heterocycles. The second-order valence-electron chi connectivity index (χ2n) is 2.01. The minimum Gasteiger partial charge on any atom is -0.247 e. The van der Waals surface area contributed by atoms with Gasteiger partial charge in [-0.2, -0.15) is 0 Å². The summed E-state index contributed by atoms with van der Waals surface area (Å²) in [6.45, 7) is 3.62. The number of carbonyl (C=O) groups is 1. The van der Waals surface area contributed by atoms with Gasteiger partial charge < -0.3 is 0 Å². The SMILES string of the molecule is CCCC(C)C([O])=O. The van der Waals surface area contributed by atoms with Crippen LogP contribution in [0.1, 0.15) is 26.7 Å². The van der Waals surface area contributed by atoms with E-state index < -0.39 is 5.97 Å². The minimum absolute atomic E-state index is 0.278. The van der Waals surface area contributed by atoms with Crippen molar-refractivity contribution in [1.82, 2.24) is 0 Å². The van der Waals surface area contributed by atoms with Crippen LogP contribution < -0.4 is 0 Å². The summed E-state index contributed by atoms with van der Waals surface area (Å²) in [6, 6.07) is 0. The van der Waals surface area contributed by atoms with Crippen molar-refractivity contribution in [2.75, 3.05) is 0 Å². The van der Waals surface area contributed by atoms with E-state index in [0.717, 1.165) is 12.8 Å². The first-order valence-electron chi connectivity index (χ1n) is 2.89. The largest absolute Gasteiger partial charge is 0.358 e. The predicted octanol–water partition coefficient (Wildman–Crippen LogP) is 1.38. The van der Waals surface area contributed by atoms with E-state index in [9.17, 15) is 9.90 Å². The fraction of sp³-hybridized carbons (Fsp3) is 0.833. The predicted molar refractivity (Wildman–Crippen MR) is 29.8 cm³/mol. The van der Waals surface area contributed by atoms with Gasteiger partial charge in [0, 0.05) is 0 Å². The van der Waals surface area contributed by atoms with Crippen molar-refractivity contribution in [2.24, 2.45) is 5.92 Å². The highest BCUT2D eigenvalue weighted by Crippen LogP contribution is 2.03. The molecule has 0 fully saturated rings. The van der Waals surface area contributed by atoms with Gasteiger partial charge in [-0.1, -0.05) is 20.3 Å². The molecule has 0 N–H and O–H groups in total. The third kappa shape index (κ3) is 2.61. The van der Waals surface area contributed by atoms with Crippen molar-refractivity contribution in [1.29, 1.82) is 0 Å². The zero-order chi connectivity index (χ0) is 6.57. The number of hydrogen-bond donors (Lipinski definition) is 0. The lowest BCUT2D eigenvalue weighted by Crippen LogP contribution is -2.06. The molecule has 1 radical (unpaired) electrons. The van der Waals surface area contributed by atoms with Crippen LogP contribution in [0.2, 0.25) is 0 Å². The van der Waals surface area contributed by atoms with E-state index in [1.807, 2.05) is 6.92 Å². The van der Waals surface area contributed by atoms with Gasteiger partial charge in [0.15, 0.2) is 0 Å². The topological polar surface area (TPSA) is 37.0 Å². The monoisotopic (exact) mass is 115 g/mol. The first kappa shape index (κ1) is 7.47. The van der Waals surface area contributed by atoms with Crippen molar-refractivity contribution in [2.45, 2.75) is 26.7 Å². The van der Waals surface area contributed by atoms with Gasteiger partial charge in [0.25, 0.3) is 0 Å². The Labute approximate surface area is 49.5 Å². The first-order valence-corrected chi connectivity index (χ1v) is 2.89. The quantitative estimate of drug-likeness (QED) is 0.547. The standard InChI is InChI=1S/C6H11O2/c1-3-4-5(2)6(7)8/h5H,3-4H2,1-2H3. The maximum atomic E-state index is 9.98. The Morgan fingerprint density at radius 2 is 2.12 bits per heavy atom. The summed E-state index contributed by atoms with van der Waals surface area (Å²) in [6.07, 6.45) is 1.64. The lowest BCUT2D eigenvalue weighted by Gasteiger charge is -1.97. The minimum atomic E-state index is -0.938. The van der Waals surface area contributed by atoms with Crippen LogP contribution >= 0.6 is 0 Å². The van der Waals surface area contributed by atoms with E-state index in [-0.39, 0.29) is 5.92 Å². The van der Waals surface area contributed by atoms with Crippen molar-refractivity contribution < 1.29 is 9.90 Å². The number of hydrogen-bond acceptors (Lipinski definition) is 1. The molecule has 1 atom stereocenters. The molecular weight excluding hydrogens is 104 g/mol. The van der Waals surface area contributed by atoms with Crippen LogP contribution in [0.5, 0.6) is 0 Å². The van der Waals surface area contributed by atoms with Gasteiger partial charge in [0.05, 0.1) is 5.92 Å². The second-order valence-corrected chi connectivity index (χ2v) is 2.01. The van der Waals surface area contributed by atoms with Crippen LogP contribution in [0.25, 0.3) is 0 Å². The third-order valence-corrected chi connectivity index (χ3v) is 1.12. The van der Waals surface area contributed by atoms with Gasteiger partial charge in [-0.05, 0) is 6.42 Å². The molecule has 47 valence electrons. The van der Waals surface area contributed by atoms with Crippen LogP contribution in [0, 0.1) is 5.92 Å². The Kier molecular flexibility index (Phi) is 3.24. The molecule has 0 amide bonds. The molecule has 0 saturated heterocycles. The van der Waals surface area contributed by atoms with E-state index in [2.05, 4.69) is 0 Å². The maximum Gasteiger partial charge on any atom is 0.358 e. The Morgan fingerprint density at radius 3 is 2.25 bits per heavy atom. The lowest BCUT2D eigenvalue weighted by atomic mass is 10.1. The molecular formula is C6H11O2. The van der Waals surface area contributed by atoms with Gasteiger partial charge in [0.2, 0.25) is 0 Å². The molecule has 0 rings (SSSR count). The molecule has 2 heteroatoms. The summed E-state index contributed by atoms with van der Waals surface area (Å²) >= 11 is 0. The molecule has 0 aromatic heterocycles. The zero-order valence-corrected chi connectivity index (χ0v) is 5.31. The highest BCUT2D eigenvalue weighted by molar-refractivity contribution is 5.68. The summed E-state index contributed by atoms with van der Waals surface area (Å²) in [5, 5.41) is 9.98. The van der Waals surface area contributed by atoms with Crippen LogP contribution in [0.4, 0.5) is 0 Å². The Hall–Kier alpha value is -0.530. The highest BCUT2D eigenvalue weighted by atomic mass is 16.4. The first-order chi connectivity index (χ1) is 3.68. The Bertz CT molecular complexity index is 78.6. The number of carbonyl (C=O) groups excluding carboxylic acids is 1.